The summed E-state index contributed by atoms with van der Waals surface area (Å²) in [5.74, 6) is 0.0353. The minimum Gasteiger partial charge on any atom is -0.493 e. The van der Waals surface area contributed by atoms with E-state index in [1.807, 2.05) is 0 Å². The normalized spacial score (nSPS) is 10.5. The number of ether oxygens (including phenoxy) is 3. The lowest BCUT2D eigenvalue weighted by Gasteiger charge is -2.13. The van der Waals surface area contributed by atoms with E-state index in [1.165, 1.54) is 25.3 Å². The van der Waals surface area contributed by atoms with Gasteiger partial charge in [0.25, 0.3) is 5.91 Å². The summed E-state index contributed by atoms with van der Waals surface area (Å²) < 4.78 is 28.9. The molecule has 6 nitrogen and oxygen atoms in total. The van der Waals surface area contributed by atoms with E-state index < -0.39 is 18.5 Å². The summed E-state index contributed by atoms with van der Waals surface area (Å²) in [6, 6.07) is 10.5. The summed E-state index contributed by atoms with van der Waals surface area (Å²) in [6.45, 7) is 4.55. The van der Waals surface area contributed by atoms with Gasteiger partial charge in [-0.05, 0) is 48.2 Å². The molecule has 0 aliphatic heterocycles. The number of methoxy groups -OCH3 is 1. The summed E-state index contributed by atoms with van der Waals surface area (Å²) in [5, 5.41) is 2.61. The molecule has 0 fully saturated rings. The van der Waals surface area contributed by atoms with Gasteiger partial charge in [-0.15, -0.1) is 0 Å². The Morgan fingerprint density at radius 3 is 2.45 bits per heavy atom. The third-order valence-corrected chi connectivity index (χ3v) is 4.09. The molecule has 2 rings (SSSR count). The van der Waals surface area contributed by atoms with Crippen molar-refractivity contribution >= 4 is 11.9 Å². The molecule has 29 heavy (non-hydrogen) atoms. The third-order valence-electron chi connectivity index (χ3n) is 4.09. The smallest absolute Gasteiger partial charge is 0.338 e. The van der Waals surface area contributed by atoms with Gasteiger partial charge in [-0.1, -0.05) is 26.0 Å². The first-order valence-corrected chi connectivity index (χ1v) is 9.38. The Bertz CT molecular complexity index is 820. The van der Waals surface area contributed by atoms with Crippen LogP contribution in [0.3, 0.4) is 0 Å². The summed E-state index contributed by atoms with van der Waals surface area (Å²) in [5.41, 5.74) is 0.994. The molecule has 0 aliphatic carbocycles. The molecule has 0 aromatic heterocycles. The van der Waals surface area contributed by atoms with E-state index in [1.54, 1.807) is 24.3 Å². The summed E-state index contributed by atoms with van der Waals surface area (Å²) in [4.78, 5) is 24.1. The summed E-state index contributed by atoms with van der Waals surface area (Å²) in [7, 11) is 1.49. The molecule has 2 aromatic carbocycles. The number of benzene rings is 2. The molecule has 0 bridgehead atoms. The maximum atomic E-state index is 12.9. The monoisotopic (exact) mass is 403 g/mol. The minimum atomic E-state index is -0.644. The molecule has 0 unspecified atom stereocenters. The van der Waals surface area contributed by atoms with Crippen LogP contribution in [0, 0.1) is 11.7 Å². The molecule has 0 saturated heterocycles. The van der Waals surface area contributed by atoms with Gasteiger partial charge in [0.1, 0.15) is 5.82 Å². The van der Waals surface area contributed by atoms with Crippen molar-refractivity contribution in [1.29, 1.82) is 0 Å². The topological polar surface area (TPSA) is 73.9 Å². The highest BCUT2D eigenvalue weighted by Crippen LogP contribution is 2.28. The van der Waals surface area contributed by atoms with E-state index in [4.69, 9.17) is 14.2 Å². The zero-order chi connectivity index (χ0) is 21.2. The van der Waals surface area contributed by atoms with Crippen LogP contribution >= 0.6 is 0 Å². The second-order valence-corrected chi connectivity index (χ2v) is 6.88. The number of halogens is 1. The van der Waals surface area contributed by atoms with Crippen LogP contribution in [0.4, 0.5) is 4.39 Å². The van der Waals surface area contributed by atoms with Crippen LogP contribution in [-0.2, 0) is 16.1 Å². The molecule has 1 N–H and O–H groups in total. The van der Waals surface area contributed by atoms with Crippen molar-refractivity contribution in [3.8, 4) is 11.5 Å². The fourth-order valence-corrected chi connectivity index (χ4v) is 2.39. The van der Waals surface area contributed by atoms with E-state index in [9.17, 15) is 14.0 Å². The Hall–Kier alpha value is -3.09. The van der Waals surface area contributed by atoms with Crippen molar-refractivity contribution in [2.75, 3.05) is 20.3 Å². The molecule has 156 valence electrons. The van der Waals surface area contributed by atoms with Gasteiger partial charge in [0, 0.05) is 6.54 Å². The lowest BCUT2D eigenvalue weighted by molar-refractivity contribution is -0.124. The second kappa shape index (κ2) is 11.0. The van der Waals surface area contributed by atoms with Crippen molar-refractivity contribution in [1.82, 2.24) is 5.32 Å². The number of hydrogen-bond donors (Lipinski definition) is 1. The van der Waals surface area contributed by atoms with Crippen molar-refractivity contribution in [2.45, 2.75) is 26.8 Å². The van der Waals surface area contributed by atoms with Crippen molar-refractivity contribution < 1.29 is 28.2 Å². The average molecular weight is 403 g/mol. The van der Waals surface area contributed by atoms with Crippen LogP contribution in [-0.4, -0.2) is 32.2 Å². The van der Waals surface area contributed by atoms with Crippen LogP contribution in [0.5, 0.6) is 11.5 Å². The first-order valence-electron chi connectivity index (χ1n) is 9.38. The van der Waals surface area contributed by atoms with Gasteiger partial charge < -0.3 is 19.5 Å². The molecule has 0 saturated carbocycles. The Kier molecular flexibility index (Phi) is 8.45. The van der Waals surface area contributed by atoms with Crippen LogP contribution in [0.1, 0.15) is 36.2 Å². The van der Waals surface area contributed by atoms with E-state index in [2.05, 4.69) is 19.2 Å². The molecule has 0 radical (unpaired) electrons. The predicted molar refractivity (Wildman–Crippen MR) is 106 cm³/mol. The van der Waals surface area contributed by atoms with E-state index in [0.29, 0.717) is 24.0 Å². The fourth-order valence-electron chi connectivity index (χ4n) is 2.39. The van der Waals surface area contributed by atoms with Gasteiger partial charge in [0.2, 0.25) is 0 Å². The lowest BCUT2D eigenvalue weighted by Crippen LogP contribution is -2.28. The second-order valence-electron chi connectivity index (χ2n) is 6.88. The van der Waals surface area contributed by atoms with Gasteiger partial charge >= 0.3 is 5.97 Å². The van der Waals surface area contributed by atoms with E-state index in [-0.39, 0.29) is 17.9 Å². The lowest BCUT2D eigenvalue weighted by atomic mass is 10.1. The van der Waals surface area contributed by atoms with Gasteiger partial charge in [0.15, 0.2) is 18.1 Å². The number of carbonyl (C=O) groups is 2. The van der Waals surface area contributed by atoms with Crippen molar-refractivity contribution in [3.63, 3.8) is 0 Å². The standard InChI is InChI=1S/C22H26FNO5/c1-15(2)10-11-28-19-9-6-17(12-20(19)27-3)22(26)29-14-21(25)24-13-16-4-7-18(23)8-5-16/h4-9,12,15H,10-11,13-14H2,1-3H3,(H,24,25). The van der Waals surface area contributed by atoms with Gasteiger partial charge in [-0.3, -0.25) is 4.79 Å². The van der Waals surface area contributed by atoms with E-state index in [0.717, 1.165) is 12.0 Å². The highest BCUT2D eigenvalue weighted by molar-refractivity contribution is 5.92. The number of hydrogen-bond acceptors (Lipinski definition) is 5. The van der Waals surface area contributed by atoms with Crippen LogP contribution < -0.4 is 14.8 Å². The molecule has 1 amide bonds. The molecular formula is C22H26FNO5. The quantitative estimate of drug-likeness (QED) is 0.612. The number of rotatable bonds is 10. The van der Waals surface area contributed by atoms with Crippen LogP contribution in [0.2, 0.25) is 0 Å². The molecule has 0 spiro atoms. The first kappa shape index (κ1) is 22.2. The zero-order valence-corrected chi connectivity index (χ0v) is 16.9. The van der Waals surface area contributed by atoms with Crippen molar-refractivity contribution in [2.24, 2.45) is 5.92 Å². The average Bonchev–Trinajstić information content (AvgIpc) is 2.71. The minimum absolute atomic E-state index is 0.215. The third kappa shape index (κ3) is 7.44. The molecule has 0 aliphatic rings. The zero-order valence-electron chi connectivity index (χ0n) is 16.9. The molecular weight excluding hydrogens is 377 g/mol. The number of nitrogens with one attached hydrogen (secondary N) is 1. The van der Waals surface area contributed by atoms with Crippen molar-refractivity contribution in [3.05, 3.63) is 59.4 Å². The summed E-state index contributed by atoms with van der Waals surface area (Å²) in [6.07, 6.45) is 0.903. The predicted octanol–water partition coefficient (Wildman–Crippen LogP) is 3.73. The maximum Gasteiger partial charge on any atom is 0.338 e. The molecule has 0 atom stereocenters. The molecule has 7 heteroatoms. The van der Waals surface area contributed by atoms with E-state index >= 15 is 0 Å². The molecule has 2 aromatic rings. The number of amides is 1. The highest BCUT2D eigenvalue weighted by Gasteiger charge is 2.14. The van der Waals surface area contributed by atoms with Gasteiger partial charge in [0.05, 0.1) is 19.3 Å². The van der Waals surface area contributed by atoms with Crippen LogP contribution in [0.15, 0.2) is 42.5 Å². The van der Waals surface area contributed by atoms with Gasteiger partial charge in [-0.2, -0.15) is 0 Å². The van der Waals surface area contributed by atoms with Crippen LogP contribution in [0.25, 0.3) is 0 Å². The number of carbonyl (C=O) groups excluding carboxylic acids is 2. The fraction of sp³-hybridized carbons (Fsp3) is 0.364. The Balaban J connectivity index is 1.84. The first-order chi connectivity index (χ1) is 13.9. The largest absolute Gasteiger partial charge is 0.493 e. The Morgan fingerprint density at radius 2 is 1.79 bits per heavy atom. The maximum absolute atomic E-state index is 12.9. The van der Waals surface area contributed by atoms with Gasteiger partial charge in [-0.25, -0.2) is 9.18 Å². The Morgan fingerprint density at radius 1 is 1.07 bits per heavy atom. The highest BCUT2D eigenvalue weighted by atomic mass is 19.1. The summed E-state index contributed by atoms with van der Waals surface area (Å²) >= 11 is 0. The number of esters is 1. The Labute approximate surface area is 170 Å². The molecule has 0 heterocycles. The SMILES string of the molecule is COc1cc(C(=O)OCC(=O)NCc2ccc(F)cc2)ccc1OCCC(C)C.